The molecule has 2 heterocycles. The van der Waals surface area contributed by atoms with E-state index in [1.54, 1.807) is 0 Å². The van der Waals surface area contributed by atoms with Gasteiger partial charge in [-0.1, -0.05) is 0 Å². The molecule has 2 aliphatic heterocycles. The van der Waals surface area contributed by atoms with Gasteiger partial charge in [-0.2, -0.15) is 0 Å². The fourth-order valence-electron chi connectivity index (χ4n) is 1.21. The first kappa shape index (κ1) is 6.85. The van der Waals surface area contributed by atoms with Crippen molar-refractivity contribution in [3.63, 3.8) is 0 Å². The summed E-state index contributed by atoms with van der Waals surface area (Å²) in [5.74, 6) is -0.173. The molecule has 3 nitrogen and oxygen atoms in total. The Morgan fingerprint density at radius 1 is 1.73 bits per heavy atom. The van der Waals surface area contributed by atoms with Crippen molar-refractivity contribution in [2.45, 2.75) is 25.6 Å². The van der Waals surface area contributed by atoms with Gasteiger partial charge in [0.05, 0.1) is 12.7 Å². The van der Waals surface area contributed by atoms with E-state index in [2.05, 4.69) is 0 Å². The SMILES string of the molecule is C[C@H]1C=C(C[C@@H]2CO2)C(=O)O1. The topological polar surface area (TPSA) is 38.8 Å². The van der Waals surface area contributed by atoms with Crippen LogP contribution >= 0.6 is 0 Å². The molecule has 1 fully saturated rings. The summed E-state index contributed by atoms with van der Waals surface area (Å²) < 4.78 is 9.92. The Morgan fingerprint density at radius 2 is 2.45 bits per heavy atom. The average Bonchev–Trinajstić information content (AvgIpc) is 2.64. The smallest absolute Gasteiger partial charge is 0.334 e. The van der Waals surface area contributed by atoms with Crippen molar-refractivity contribution in [2.24, 2.45) is 0 Å². The first-order valence-corrected chi connectivity index (χ1v) is 3.79. The van der Waals surface area contributed by atoms with E-state index in [0.717, 1.165) is 18.6 Å². The van der Waals surface area contributed by atoms with Gasteiger partial charge in [0.25, 0.3) is 0 Å². The van der Waals surface area contributed by atoms with Gasteiger partial charge >= 0.3 is 5.97 Å². The molecule has 0 unspecified atom stereocenters. The number of epoxide rings is 1. The summed E-state index contributed by atoms with van der Waals surface area (Å²) >= 11 is 0. The minimum absolute atomic E-state index is 0.0451. The second-order valence-electron chi connectivity index (χ2n) is 2.96. The number of ether oxygens (including phenoxy) is 2. The number of cyclic esters (lactones) is 1. The number of esters is 1. The normalized spacial score (nSPS) is 35.0. The van der Waals surface area contributed by atoms with E-state index in [1.807, 2.05) is 13.0 Å². The van der Waals surface area contributed by atoms with Gasteiger partial charge in [0.2, 0.25) is 0 Å². The second kappa shape index (κ2) is 2.34. The van der Waals surface area contributed by atoms with Crippen LogP contribution in [0.2, 0.25) is 0 Å². The van der Waals surface area contributed by atoms with Gasteiger partial charge in [-0.05, 0) is 13.0 Å². The van der Waals surface area contributed by atoms with Crippen molar-refractivity contribution < 1.29 is 14.3 Å². The lowest BCUT2D eigenvalue weighted by Gasteiger charge is -1.97. The van der Waals surface area contributed by atoms with E-state index in [1.165, 1.54) is 0 Å². The van der Waals surface area contributed by atoms with E-state index < -0.39 is 0 Å². The van der Waals surface area contributed by atoms with Crippen LogP contribution in [0.4, 0.5) is 0 Å². The second-order valence-corrected chi connectivity index (χ2v) is 2.96. The van der Waals surface area contributed by atoms with E-state index in [9.17, 15) is 4.79 Å². The highest BCUT2D eigenvalue weighted by molar-refractivity contribution is 5.90. The average molecular weight is 154 g/mol. The maximum Gasteiger partial charge on any atom is 0.334 e. The molecular formula is C8H10O3. The summed E-state index contributed by atoms with van der Waals surface area (Å²) in [6.07, 6.45) is 2.82. The molecule has 0 aromatic carbocycles. The Balaban J connectivity index is 1.99. The molecule has 0 saturated carbocycles. The van der Waals surface area contributed by atoms with E-state index in [-0.39, 0.29) is 18.2 Å². The van der Waals surface area contributed by atoms with Crippen LogP contribution in [-0.4, -0.2) is 24.8 Å². The highest BCUT2D eigenvalue weighted by atomic mass is 16.6. The highest BCUT2D eigenvalue weighted by Gasteiger charge is 2.30. The molecule has 1 saturated heterocycles. The fraction of sp³-hybridized carbons (Fsp3) is 0.625. The van der Waals surface area contributed by atoms with Crippen molar-refractivity contribution in [1.82, 2.24) is 0 Å². The lowest BCUT2D eigenvalue weighted by molar-refractivity contribution is -0.139. The molecule has 0 radical (unpaired) electrons. The van der Waals surface area contributed by atoms with E-state index in [0.29, 0.717) is 0 Å². The molecule has 0 N–H and O–H groups in total. The fourth-order valence-corrected chi connectivity index (χ4v) is 1.21. The Morgan fingerprint density at radius 3 is 2.91 bits per heavy atom. The lowest BCUT2D eigenvalue weighted by Crippen LogP contribution is -2.04. The summed E-state index contributed by atoms with van der Waals surface area (Å²) in [6.45, 7) is 2.65. The molecule has 2 aliphatic rings. The van der Waals surface area contributed by atoms with Crippen LogP contribution in [-0.2, 0) is 14.3 Å². The molecule has 0 bridgehead atoms. The number of rotatable bonds is 2. The minimum Gasteiger partial charge on any atom is -0.455 e. The predicted octanol–water partition coefficient (Wildman–Crippen LogP) is 0.647. The zero-order chi connectivity index (χ0) is 7.84. The van der Waals surface area contributed by atoms with Crippen LogP contribution in [0.3, 0.4) is 0 Å². The largest absolute Gasteiger partial charge is 0.455 e. The number of carbonyl (C=O) groups is 1. The van der Waals surface area contributed by atoms with Gasteiger partial charge in [0.15, 0.2) is 0 Å². The van der Waals surface area contributed by atoms with Gasteiger partial charge < -0.3 is 9.47 Å². The maximum atomic E-state index is 11.0. The Kier molecular flexibility index (Phi) is 1.46. The third-order valence-electron chi connectivity index (χ3n) is 1.84. The molecule has 2 atom stereocenters. The highest BCUT2D eigenvalue weighted by Crippen LogP contribution is 2.24. The van der Waals surface area contributed by atoms with Crippen molar-refractivity contribution in [1.29, 1.82) is 0 Å². The van der Waals surface area contributed by atoms with Crippen LogP contribution in [0.5, 0.6) is 0 Å². The first-order chi connectivity index (χ1) is 5.25. The molecule has 0 aromatic heterocycles. The number of carbonyl (C=O) groups excluding carboxylic acids is 1. The summed E-state index contributed by atoms with van der Waals surface area (Å²) in [5.41, 5.74) is 0.778. The molecule has 2 rings (SSSR count). The lowest BCUT2D eigenvalue weighted by atomic mass is 10.1. The summed E-state index contributed by atoms with van der Waals surface area (Å²) in [6, 6.07) is 0. The third kappa shape index (κ3) is 1.43. The van der Waals surface area contributed by atoms with E-state index >= 15 is 0 Å². The van der Waals surface area contributed by atoms with Gasteiger partial charge in [0, 0.05) is 12.0 Å². The molecule has 11 heavy (non-hydrogen) atoms. The Bertz CT molecular complexity index is 215. The first-order valence-electron chi connectivity index (χ1n) is 3.79. The quantitative estimate of drug-likeness (QED) is 0.433. The summed E-state index contributed by atoms with van der Waals surface area (Å²) in [7, 11) is 0. The molecule has 0 amide bonds. The monoisotopic (exact) mass is 154 g/mol. The Labute approximate surface area is 65.0 Å². The van der Waals surface area contributed by atoms with Gasteiger partial charge in [-0.25, -0.2) is 4.79 Å². The van der Waals surface area contributed by atoms with Crippen LogP contribution in [0, 0.1) is 0 Å². The van der Waals surface area contributed by atoms with Crippen LogP contribution in [0.1, 0.15) is 13.3 Å². The third-order valence-corrected chi connectivity index (χ3v) is 1.84. The molecular weight excluding hydrogens is 144 g/mol. The van der Waals surface area contributed by atoms with Gasteiger partial charge in [0.1, 0.15) is 6.10 Å². The number of hydrogen-bond donors (Lipinski definition) is 0. The summed E-state index contributed by atoms with van der Waals surface area (Å²) in [5, 5.41) is 0. The molecule has 0 spiro atoms. The van der Waals surface area contributed by atoms with Gasteiger partial charge in [-0.3, -0.25) is 0 Å². The van der Waals surface area contributed by atoms with Crippen molar-refractivity contribution in [3.05, 3.63) is 11.6 Å². The molecule has 0 aliphatic carbocycles. The van der Waals surface area contributed by atoms with Gasteiger partial charge in [-0.15, -0.1) is 0 Å². The van der Waals surface area contributed by atoms with Crippen LogP contribution in [0.25, 0.3) is 0 Å². The summed E-state index contributed by atoms with van der Waals surface area (Å²) in [4.78, 5) is 11.0. The van der Waals surface area contributed by atoms with Crippen molar-refractivity contribution >= 4 is 5.97 Å². The molecule has 3 heteroatoms. The van der Waals surface area contributed by atoms with Crippen LogP contribution in [0.15, 0.2) is 11.6 Å². The predicted molar refractivity (Wildman–Crippen MR) is 38.0 cm³/mol. The minimum atomic E-state index is -0.173. The standard InChI is InChI=1S/C8H10O3/c1-5-2-6(8(9)11-5)3-7-4-10-7/h2,5,7H,3-4H2,1H3/t5-,7+/m0/s1. The van der Waals surface area contributed by atoms with Crippen molar-refractivity contribution in [3.8, 4) is 0 Å². The number of hydrogen-bond acceptors (Lipinski definition) is 3. The van der Waals surface area contributed by atoms with Crippen LogP contribution < -0.4 is 0 Å². The Hall–Kier alpha value is -0.830. The zero-order valence-corrected chi connectivity index (χ0v) is 6.37. The van der Waals surface area contributed by atoms with E-state index in [4.69, 9.17) is 9.47 Å². The molecule has 0 aromatic rings. The molecule has 60 valence electrons. The maximum absolute atomic E-state index is 11.0. The zero-order valence-electron chi connectivity index (χ0n) is 6.37. The van der Waals surface area contributed by atoms with Crippen molar-refractivity contribution in [2.75, 3.05) is 6.61 Å².